The Morgan fingerprint density at radius 3 is 2.24 bits per heavy atom. The van der Waals surface area contributed by atoms with E-state index in [1.54, 1.807) is 42.5 Å². The number of rotatable bonds is 6. The highest BCUT2D eigenvalue weighted by molar-refractivity contribution is 7.92. The monoisotopic (exact) mass is 428 g/mol. The van der Waals surface area contributed by atoms with Crippen LogP contribution in [0, 0.1) is 0 Å². The van der Waals surface area contributed by atoms with Gasteiger partial charge in [0.1, 0.15) is 0 Å². The van der Waals surface area contributed by atoms with Crippen molar-refractivity contribution >= 4 is 44.7 Å². The average molecular weight is 429 g/mol. The minimum Gasteiger partial charge on any atom is -0.322 e. The van der Waals surface area contributed by atoms with Gasteiger partial charge in [0.25, 0.3) is 15.9 Å². The number of benzene rings is 3. The maximum atomic E-state index is 12.5. The summed E-state index contributed by atoms with van der Waals surface area (Å²) in [6.45, 7) is 1.44. The summed E-state index contributed by atoms with van der Waals surface area (Å²) in [5.41, 5.74) is 1.32. The molecule has 0 aliphatic carbocycles. The number of nitrogens with one attached hydrogen (secondary N) is 2. The molecule has 3 aromatic rings. The summed E-state index contributed by atoms with van der Waals surface area (Å²) in [4.78, 5) is 24.1. The third kappa shape index (κ3) is 5.01. The van der Waals surface area contributed by atoms with Gasteiger partial charge in [0.05, 0.1) is 21.2 Å². The number of carbonyl (C=O) groups is 2. The lowest BCUT2D eigenvalue weighted by molar-refractivity contribution is 0.101. The molecule has 1 amide bonds. The predicted octanol–water partition coefficient (Wildman–Crippen LogP) is 4.60. The maximum absolute atomic E-state index is 12.5. The van der Waals surface area contributed by atoms with Crippen LogP contribution >= 0.6 is 11.6 Å². The molecule has 0 bridgehead atoms. The van der Waals surface area contributed by atoms with Gasteiger partial charge in [-0.25, -0.2) is 8.42 Å². The van der Waals surface area contributed by atoms with Crippen LogP contribution in [0.15, 0.2) is 77.7 Å². The van der Waals surface area contributed by atoms with Crippen LogP contribution in [-0.4, -0.2) is 20.1 Å². The second-order valence-corrected chi connectivity index (χ2v) is 8.29. The number of hydrogen-bond donors (Lipinski definition) is 2. The molecule has 0 saturated carbocycles. The van der Waals surface area contributed by atoms with Crippen molar-refractivity contribution in [3.05, 3.63) is 88.9 Å². The van der Waals surface area contributed by atoms with Crippen molar-refractivity contribution in [1.29, 1.82) is 0 Å². The number of ketones is 1. The van der Waals surface area contributed by atoms with Crippen LogP contribution in [0.5, 0.6) is 0 Å². The van der Waals surface area contributed by atoms with Gasteiger partial charge in [-0.3, -0.25) is 14.3 Å². The minimum atomic E-state index is -3.77. The topological polar surface area (TPSA) is 92.3 Å². The van der Waals surface area contributed by atoms with Crippen LogP contribution in [0.25, 0.3) is 0 Å². The van der Waals surface area contributed by atoms with Gasteiger partial charge in [0.15, 0.2) is 5.78 Å². The molecule has 3 rings (SSSR count). The first kappa shape index (κ1) is 20.6. The average Bonchev–Trinajstić information content (AvgIpc) is 2.68. The van der Waals surface area contributed by atoms with E-state index in [1.165, 1.54) is 37.3 Å². The lowest BCUT2D eigenvalue weighted by Gasteiger charge is -2.11. The van der Waals surface area contributed by atoms with Gasteiger partial charge in [-0.15, -0.1) is 0 Å². The Hall–Kier alpha value is -3.16. The summed E-state index contributed by atoms with van der Waals surface area (Å²) in [6, 6.07) is 18.7. The molecule has 29 heavy (non-hydrogen) atoms. The molecule has 0 fully saturated rings. The molecule has 6 nitrogen and oxygen atoms in total. The van der Waals surface area contributed by atoms with E-state index >= 15 is 0 Å². The van der Waals surface area contributed by atoms with Crippen molar-refractivity contribution in [2.75, 3.05) is 10.0 Å². The summed E-state index contributed by atoms with van der Waals surface area (Å²) >= 11 is 6.20. The van der Waals surface area contributed by atoms with Crippen molar-refractivity contribution in [2.24, 2.45) is 0 Å². The lowest BCUT2D eigenvalue weighted by Crippen LogP contribution is -2.15. The molecule has 0 aliphatic heterocycles. The van der Waals surface area contributed by atoms with Crippen molar-refractivity contribution < 1.29 is 18.0 Å². The fourth-order valence-corrected chi connectivity index (χ4v) is 3.93. The highest BCUT2D eigenvalue weighted by Crippen LogP contribution is 2.24. The zero-order chi connectivity index (χ0) is 21.0. The van der Waals surface area contributed by atoms with Gasteiger partial charge < -0.3 is 5.32 Å². The van der Waals surface area contributed by atoms with E-state index in [4.69, 9.17) is 11.6 Å². The lowest BCUT2D eigenvalue weighted by atomic mass is 10.1. The van der Waals surface area contributed by atoms with Crippen LogP contribution in [-0.2, 0) is 10.0 Å². The molecule has 0 unspecified atom stereocenters. The maximum Gasteiger partial charge on any atom is 0.261 e. The highest BCUT2D eigenvalue weighted by Gasteiger charge is 2.16. The van der Waals surface area contributed by atoms with Crippen LogP contribution < -0.4 is 10.0 Å². The first-order valence-corrected chi connectivity index (χ1v) is 10.4. The Balaban J connectivity index is 1.78. The van der Waals surface area contributed by atoms with E-state index in [0.717, 1.165) is 0 Å². The van der Waals surface area contributed by atoms with Crippen molar-refractivity contribution in [2.45, 2.75) is 11.8 Å². The van der Waals surface area contributed by atoms with Gasteiger partial charge in [-0.05, 0) is 49.4 Å². The van der Waals surface area contributed by atoms with Gasteiger partial charge >= 0.3 is 0 Å². The number of amides is 1. The third-order valence-corrected chi connectivity index (χ3v) is 5.76. The molecule has 0 heterocycles. The number of hydrogen-bond acceptors (Lipinski definition) is 4. The summed E-state index contributed by atoms with van der Waals surface area (Å²) in [5, 5.41) is 2.76. The third-order valence-electron chi connectivity index (χ3n) is 4.05. The van der Waals surface area contributed by atoms with E-state index in [-0.39, 0.29) is 27.0 Å². The first-order chi connectivity index (χ1) is 13.8. The summed E-state index contributed by atoms with van der Waals surface area (Å²) in [5.74, 6) is -0.595. The molecule has 0 atom stereocenters. The second kappa shape index (κ2) is 8.46. The second-order valence-electron chi connectivity index (χ2n) is 6.20. The Kier molecular flexibility index (Phi) is 6.00. The number of Topliss-reactive ketones (excluding diaryl/α,β-unsaturated/α-hetero) is 1. The highest BCUT2D eigenvalue weighted by atomic mass is 35.5. The predicted molar refractivity (Wildman–Crippen MR) is 113 cm³/mol. The Morgan fingerprint density at radius 2 is 1.59 bits per heavy atom. The summed E-state index contributed by atoms with van der Waals surface area (Å²) < 4.78 is 27.2. The standard InChI is InChI=1S/C21H17ClN2O4S/c1-14(25)15-6-5-7-16(12-15)23-21(26)19-11-10-17(13-20(19)22)24-29(27,28)18-8-3-2-4-9-18/h2-13,24H,1H3,(H,23,26). The molecule has 0 spiro atoms. The SMILES string of the molecule is CC(=O)c1cccc(NC(=O)c2ccc(NS(=O)(=O)c3ccccc3)cc2Cl)c1. The van der Waals surface area contributed by atoms with Crippen LogP contribution in [0.3, 0.4) is 0 Å². The molecule has 0 radical (unpaired) electrons. The van der Waals surface area contributed by atoms with Crippen LogP contribution in [0.4, 0.5) is 11.4 Å². The number of carbonyl (C=O) groups excluding carboxylic acids is 2. The number of halogens is 1. The quantitative estimate of drug-likeness (QED) is 0.561. The summed E-state index contributed by atoms with van der Waals surface area (Å²) in [7, 11) is -3.77. The van der Waals surface area contributed by atoms with E-state index in [1.807, 2.05) is 0 Å². The summed E-state index contributed by atoms with van der Waals surface area (Å²) in [6.07, 6.45) is 0. The minimum absolute atomic E-state index is 0.0819. The van der Waals surface area contributed by atoms with Gasteiger partial charge in [-0.2, -0.15) is 0 Å². The number of sulfonamides is 1. The van der Waals surface area contributed by atoms with Gasteiger partial charge in [0.2, 0.25) is 0 Å². The fourth-order valence-electron chi connectivity index (χ4n) is 2.59. The van der Waals surface area contributed by atoms with E-state index in [9.17, 15) is 18.0 Å². The van der Waals surface area contributed by atoms with Gasteiger partial charge in [0, 0.05) is 11.3 Å². The van der Waals surface area contributed by atoms with Crippen molar-refractivity contribution in [1.82, 2.24) is 0 Å². The fraction of sp³-hybridized carbons (Fsp3) is 0.0476. The molecular formula is C21H17ClN2O4S. The van der Waals surface area contributed by atoms with E-state index in [2.05, 4.69) is 10.0 Å². The Morgan fingerprint density at radius 1 is 0.862 bits per heavy atom. The van der Waals surface area contributed by atoms with Crippen molar-refractivity contribution in [3.8, 4) is 0 Å². The molecule has 8 heteroatoms. The molecule has 2 N–H and O–H groups in total. The molecule has 0 aromatic heterocycles. The Bertz CT molecular complexity index is 1180. The molecule has 0 saturated heterocycles. The van der Waals surface area contributed by atoms with Crippen LogP contribution in [0.1, 0.15) is 27.6 Å². The molecule has 0 aliphatic rings. The van der Waals surface area contributed by atoms with E-state index < -0.39 is 15.9 Å². The van der Waals surface area contributed by atoms with Crippen LogP contribution in [0.2, 0.25) is 5.02 Å². The van der Waals surface area contributed by atoms with Crippen molar-refractivity contribution in [3.63, 3.8) is 0 Å². The normalized spacial score (nSPS) is 11.0. The number of anilines is 2. The smallest absolute Gasteiger partial charge is 0.261 e. The largest absolute Gasteiger partial charge is 0.322 e. The first-order valence-electron chi connectivity index (χ1n) is 8.56. The van der Waals surface area contributed by atoms with Gasteiger partial charge in [-0.1, -0.05) is 41.9 Å². The van der Waals surface area contributed by atoms with E-state index in [0.29, 0.717) is 11.3 Å². The molecule has 148 valence electrons. The Labute approximate surface area is 173 Å². The zero-order valence-electron chi connectivity index (χ0n) is 15.3. The molecular weight excluding hydrogens is 412 g/mol. The molecule has 3 aromatic carbocycles. The zero-order valence-corrected chi connectivity index (χ0v) is 16.9.